The van der Waals surface area contributed by atoms with E-state index in [1.165, 1.54) is 5.56 Å². The molecule has 0 saturated heterocycles. The lowest BCUT2D eigenvalue weighted by atomic mass is 10.0. The van der Waals surface area contributed by atoms with Gasteiger partial charge in [0.25, 0.3) is 5.91 Å². The summed E-state index contributed by atoms with van der Waals surface area (Å²) >= 11 is 0. The first-order valence-electron chi connectivity index (χ1n) is 9.09. The average Bonchev–Trinajstić information content (AvgIpc) is 2.66. The van der Waals surface area contributed by atoms with Crippen LogP contribution in [0.2, 0.25) is 0 Å². The Kier molecular flexibility index (Phi) is 7.41. The zero-order chi connectivity index (χ0) is 19.8. The molecule has 0 aliphatic heterocycles. The quantitative estimate of drug-likeness (QED) is 0.720. The number of carbonyl (C=O) groups excluding carboxylic acids is 2. The summed E-state index contributed by atoms with van der Waals surface area (Å²) in [5, 5.41) is 2.77. The van der Waals surface area contributed by atoms with Crippen LogP contribution in [-0.2, 0) is 22.5 Å². The molecule has 0 unspecified atom stereocenters. The lowest BCUT2D eigenvalue weighted by Gasteiger charge is -2.14. The van der Waals surface area contributed by atoms with Gasteiger partial charge in [0.05, 0.1) is 12.7 Å². The lowest BCUT2D eigenvalue weighted by molar-refractivity contribution is -0.129. The number of carbonyl (C=O) groups is 2. The minimum Gasteiger partial charge on any atom is -0.497 e. The van der Waals surface area contributed by atoms with Gasteiger partial charge in [-0.05, 0) is 54.7 Å². The van der Waals surface area contributed by atoms with Crippen LogP contribution in [0, 0.1) is 5.92 Å². The lowest BCUT2D eigenvalue weighted by Crippen LogP contribution is -2.35. The molecule has 0 bridgehead atoms. The van der Waals surface area contributed by atoms with E-state index in [0.717, 1.165) is 17.7 Å². The van der Waals surface area contributed by atoms with E-state index in [9.17, 15) is 9.59 Å². The fourth-order valence-electron chi connectivity index (χ4n) is 2.61. The van der Waals surface area contributed by atoms with Crippen LogP contribution in [0.15, 0.2) is 48.5 Å². The molecule has 0 aliphatic rings. The first kappa shape index (κ1) is 20.5. The highest BCUT2D eigenvalue weighted by Gasteiger charge is 2.18. The Balaban J connectivity index is 1.84. The van der Waals surface area contributed by atoms with Crippen LogP contribution in [0.1, 0.15) is 42.3 Å². The van der Waals surface area contributed by atoms with E-state index < -0.39 is 12.1 Å². The molecule has 1 N–H and O–H groups in total. The summed E-state index contributed by atoms with van der Waals surface area (Å²) in [5.74, 6) is 0.470. The van der Waals surface area contributed by atoms with Crippen LogP contribution < -0.4 is 10.1 Å². The Morgan fingerprint density at radius 1 is 0.926 bits per heavy atom. The fourth-order valence-corrected chi connectivity index (χ4v) is 2.61. The average molecular weight is 369 g/mol. The number of amides is 1. The second-order valence-corrected chi connectivity index (χ2v) is 6.91. The van der Waals surface area contributed by atoms with Gasteiger partial charge < -0.3 is 14.8 Å². The van der Waals surface area contributed by atoms with Gasteiger partial charge in [-0.1, -0.05) is 38.1 Å². The highest BCUT2D eigenvalue weighted by Crippen LogP contribution is 2.12. The molecular formula is C22H27NO4. The summed E-state index contributed by atoms with van der Waals surface area (Å²) in [4.78, 5) is 24.4. The molecule has 0 aromatic heterocycles. The molecule has 144 valence electrons. The van der Waals surface area contributed by atoms with Gasteiger partial charge in [0.2, 0.25) is 0 Å². The van der Waals surface area contributed by atoms with Crippen LogP contribution in [0.3, 0.4) is 0 Å². The molecule has 0 saturated carbocycles. The minimum absolute atomic E-state index is 0.337. The van der Waals surface area contributed by atoms with Gasteiger partial charge in [-0.15, -0.1) is 0 Å². The summed E-state index contributed by atoms with van der Waals surface area (Å²) in [6.45, 7) is 6.21. The number of benzene rings is 2. The van der Waals surface area contributed by atoms with Crippen molar-refractivity contribution in [2.75, 3.05) is 7.11 Å². The van der Waals surface area contributed by atoms with Crippen molar-refractivity contribution in [2.24, 2.45) is 5.92 Å². The van der Waals surface area contributed by atoms with Crippen molar-refractivity contribution in [3.8, 4) is 5.75 Å². The van der Waals surface area contributed by atoms with Gasteiger partial charge in [0.15, 0.2) is 6.10 Å². The van der Waals surface area contributed by atoms with Crippen LogP contribution in [0.5, 0.6) is 5.75 Å². The van der Waals surface area contributed by atoms with Gasteiger partial charge in [-0.3, -0.25) is 4.79 Å². The highest BCUT2D eigenvalue weighted by molar-refractivity contribution is 5.92. The maximum absolute atomic E-state index is 12.2. The van der Waals surface area contributed by atoms with Crippen LogP contribution >= 0.6 is 0 Å². The predicted octanol–water partition coefficient (Wildman–Crippen LogP) is 3.76. The number of hydrogen-bond donors (Lipinski definition) is 1. The minimum atomic E-state index is -0.869. The number of methoxy groups -OCH3 is 1. The number of hydrogen-bond acceptors (Lipinski definition) is 4. The first-order chi connectivity index (χ1) is 12.9. The van der Waals surface area contributed by atoms with E-state index in [4.69, 9.17) is 9.47 Å². The van der Waals surface area contributed by atoms with Crippen molar-refractivity contribution < 1.29 is 19.1 Å². The first-order valence-corrected chi connectivity index (χ1v) is 9.09. The van der Waals surface area contributed by atoms with Crippen molar-refractivity contribution in [3.05, 3.63) is 65.2 Å². The summed E-state index contributed by atoms with van der Waals surface area (Å²) in [7, 11) is 1.60. The molecule has 2 aromatic rings. The Morgan fingerprint density at radius 3 is 2.07 bits per heavy atom. The zero-order valence-corrected chi connectivity index (χ0v) is 16.3. The number of rotatable bonds is 8. The summed E-state index contributed by atoms with van der Waals surface area (Å²) in [6.07, 6.45) is 0.0885. The highest BCUT2D eigenvalue weighted by atomic mass is 16.5. The zero-order valence-electron chi connectivity index (χ0n) is 16.3. The molecule has 1 atom stereocenters. The maximum Gasteiger partial charge on any atom is 0.338 e. The molecular weight excluding hydrogens is 342 g/mol. The molecule has 0 heterocycles. The van der Waals surface area contributed by atoms with Gasteiger partial charge >= 0.3 is 5.97 Å². The SMILES string of the molecule is COc1ccc(CNC(=O)[C@@H](C)OC(=O)c2ccc(CC(C)C)cc2)cc1. The monoisotopic (exact) mass is 369 g/mol. The van der Waals surface area contributed by atoms with E-state index >= 15 is 0 Å². The van der Waals surface area contributed by atoms with Crippen LogP contribution in [0.4, 0.5) is 0 Å². The molecule has 0 aliphatic carbocycles. The maximum atomic E-state index is 12.2. The van der Waals surface area contributed by atoms with E-state index in [-0.39, 0.29) is 5.91 Å². The normalized spacial score (nSPS) is 11.7. The van der Waals surface area contributed by atoms with Gasteiger partial charge in [0.1, 0.15) is 5.75 Å². The van der Waals surface area contributed by atoms with E-state index in [2.05, 4.69) is 19.2 Å². The number of ether oxygens (including phenoxy) is 2. The Morgan fingerprint density at radius 2 is 1.52 bits per heavy atom. The third-order valence-corrected chi connectivity index (χ3v) is 4.11. The number of nitrogens with one attached hydrogen (secondary N) is 1. The summed E-state index contributed by atoms with van der Waals surface area (Å²) in [6, 6.07) is 14.7. The summed E-state index contributed by atoms with van der Waals surface area (Å²) < 4.78 is 10.4. The third kappa shape index (κ3) is 6.44. The smallest absolute Gasteiger partial charge is 0.338 e. The largest absolute Gasteiger partial charge is 0.497 e. The Bertz CT molecular complexity index is 751. The van der Waals surface area contributed by atoms with Crippen molar-refractivity contribution in [1.82, 2.24) is 5.32 Å². The van der Waals surface area contributed by atoms with E-state index in [1.54, 1.807) is 26.2 Å². The Labute approximate surface area is 160 Å². The third-order valence-electron chi connectivity index (χ3n) is 4.11. The van der Waals surface area contributed by atoms with Crippen molar-refractivity contribution in [1.29, 1.82) is 0 Å². The molecule has 0 fully saturated rings. The number of esters is 1. The van der Waals surface area contributed by atoms with E-state index in [0.29, 0.717) is 18.0 Å². The van der Waals surface area contributed by atoms with Gasteiger partial charge in [0, 0.05) is 6.54 Å². The fraction of sp³-hybridized carbons (Fsp3) is 0.364. The predicted molar refractivity (Wildman–Crippen MR) is 105 cm³/mol. The summed E-state index contributed by atoms with van der Waals surface area (Å²) in [5.41, 5.74) is 2.55. The molecule has 5 nitrogen and oxygen atoms in total. The van der Waals surface area contributed by atoms with Gasteiger partial charge in [-0.25, -0.2) is 4.79 Å². The molecule has 5 heteroatoms. The molecule has 27 heavy (non-hydrogen) atoms. The molecule has 2 aromatic carbocycles. The Hall–Kier alpha value is -2.82. The van der Waals surface area contributed by atoms with E-state index in [1.807, 2.05) is 36.4 Å². The second-order valence-electron chi connectivity index (χ2n) is 6.91. The topological polar surface area (TPSA) is 64.6 Å². The van der Waals surface area contributed by atoms with Crippen LogP contribution in [-0.4, -0.2) is 25.1 Å². The van der Waals surface area contributed by atoms with Crippen molar-refractivity contribution >= 4 is 11.9 Å². The van der Waals surface area contributed by atoms with Gasteiger partial charge in [-0.2, -0.15) is 0 Å². The second kappa shape index (κ2) is 9.76. The van der Waals surface area contributed by atoms with Crippen molar-refractivity contribution in [3.63, 3.8) is 0 Å². The molecule has 0 radical (unpaired) electrons. The van der Waals surface area contributed by atoms with Crippen molar-refractivity contribution in [2.45, 2.75) is 39.8 Å². The molecule has 1 amide bonds. The molecule has 0 spiro atoms. The molecule has 2 rings (SSSR count). The standard InChI is InChI=1S/C22H27NO4/c1-15(2)13-17-5-9-19(10-6-17)22(25)27-16(3)21(24)23-14-18-7-11-20(26-4)12-8-18/h5-12,15-16H,13-14H2,1-4H3,(H,23,24)/t16-/m1/s1. The van der Waals surface area contributed by atoms with Crippen LogP contribution in [0.25, 0.3) is 0 Å².